The molecule has 2 heterocycles. The molecule has 1 atom stereocenters. The molecular weight excluding hydrogens is 419 g/mol. The van der Waals surface area contributed by atoms with Crippen LogP contribution in [0.2, 0.25) is 0 Å². The molecule has 8 heteroatoms. The Morgan fingerprint density at radius 2 is 1.62 bits per heavy atom. The lowest BCUT2D eigenvalue weighted by molar-refractivity contribution is -0.137. The van der Waals surface area contributed by atoms with Crippen LogP contribution in [0, 0.1) is 0 Å². The second-order valence-corrected chi connectivity index (χ2v) is 7.70. The summed E-state index contributed by atoms with van der Waals surface area (Å²) < 4.78 is 39.3. The zero-order valence-electron chi connectivity index (χ0n) is 16.8. The Morgan fingerprint density at radius 1 is 0.906 bits per heavy atom. The van der Waals surface area contributed by atoms with Gasteiger partial charge in [-0.15, -0.1) is 0 Å². The minimum Gasteiger partial charge on any atom is -0.308 e. The fourth-order valence-corrected chi connectivity index (χ4v) is 4.68. The first-order chi connectivity index (χ1) is 15.3. The molecule has 0 spiro atoms. The molecule has 162 valence electrons. The number of carbonyl (C=O) groups excluding carboxylic acids is 2. The summed E-state index contributed by atoms with van der Waals surface area (Å²) in [5, 5.41) is 2.60. The van der Waals surface area contributed by atoms with Gasteiger partial charge in [0.15, 0.2) is 5.66 Å². The molecule has 0 bridgehead atoms. The van der Waals surface area contributed by atoms with Crippen LogP contribution in [0.1, 0.15) is 27.0 Å². The minimum atomic E-state index is -4.52. The van der Waals surface area contributed by atoms with Crippen LogP contribution in [0.3, 0.4) is 0 Å². The average molecular weight is 437 g/mol. The van der Waals surface area contributed by atoms with E-state index in [4.69, 9.17) is 0 Å². The summed E-state index contributed by atoms with van der Waals surface area (Å²) in [4.78, 5) is 29.8. The largest absolute Gasteiger partial charge is 0.416 e. The van der Waals surface area contributed by atoms with E-state index in [0.29, 0.717) is 17.7 Å². The maximum absolute atomic E-state index is 13.4. The highest BCUT2D eigenvalue weighted by atomic mass is 19.4. The lowest BCUT2D eigenvalue weighted by Gasteiger charge is -2.40. The number of hydrogen-bond donors (Lipinski definition) is 1. The van der Waals surface area contributed by atoms with Crippen molar-refractivity contribution in [3.8, 4) is 0 Å². The topological polar surface area (TPSA) is 52.7 Å². The molecular formula is C24H18F3N3O2. The molecule has 3 amide bonds. The lowest BCUT2D eigenvalue weighted by Crippen LogP contribution is -2.52. The fraction of sp³-hybridized carbons (Fsp3) is 0.167. The summed E-state index contributed by atoms with van der Waals surface area (Å²) in [5.74, 6) is -0.182. The fourth-order valence-electron chi connectivity index (χ4n) is 4.68. The maximum Gasteiger partial charge on any atom is 0.416 e. The predicted molar refractivity (Wildman–Crippen MR) is 112 cm³/mol. The third-order valence-electron chi connectivity index (χ3n) is 5.97. The van der Waals surface area contributed by atoms with E-state index in [-0.39, 0.29) is 18.1 Å². The van der Waals surface area contributed by atoms with Crippen molar-refractivity contribution >= 4 is 17.6 Å². The lowest BCUT2D eigenvalue weighted by atomic mass is 9.90. The van der Waals surface area contributed by atoms with E-state index in [1.165, 1.54) is 17.0 Å². The molecule has 3 aromatic carbocycles. The molecule has 32 heavy (non-hydrogen) atoms. The van der Waals surface area contributed by atoms with E-state index in [2.05, 4.69) is 5.32 Å². The molecule has 5 rings (SSSR count). The van der Waals surface area contributed by atoms with Gasteiger partial charge in [0.1, 0.15) is 0 Å². The van der Waals surface area contributed by atoms with Gasteiger partial charge in [0.2, 0.25) is 0 Å². The van der Waals surface area contributed by atoms with Crippen LogP contribution >= 0.6 is 0 Å². The van der Waals surface area contributed by atoms with Crippen molar-refractivity contribution in [1.29, 1.82) is 0 Å². The van der Waals surface area contributed by atoms with Crippen molar-refractivity contribution < 1.29 is 22.8 Å². The van der Waals surface area contributed by atoms with E-state index in [1.807, 2.05) is 42.5 Å². The zero-order chi connectivity index (χ0) is 22.5. The van der Waals surface area contributed by atoms with Gasteiger partial charge in [-0.3, -0.25) is 9.69 Å². The molecule has 0 aliphatic carbocycles. The minimum absolute atomic E-state index is 0.0316. The highest BCUT2D eigenvalue weighted by Crippen LogP contribution is 2.49. The molecule has 5 nitrogen and oxygen atoms in total. The van der Waals surface area contributed by atoms with Gasteiger partial charge in [-0.2, -0.15) is 13.2 Å². The second kappa shape index (κ2) is 7.12. The number of alkyl halides is 3. The van der Waals surface area contributed by atoms with E-state index < -0.39 is 23.4 Å². The Balaban J connectivity index is 1.59. The number of carbonyl (C=O) groups is 2. The van der Waals surface area contributed by atoms with Gasteiger partial charge in [0, 0.05) is 35.5 Å². The first kappa shape index (κ1) is 20.1. The molecule has 0 saturated carbocycles. The van der Waals surface area contributed by atoms with E-state index in [0.717, 1.165) is 17.7 Å². The highest BCUT2D eigenvalue weighted by Gasteiger charge is 2.59. The Kier molecular flexibility index (Phi) is 4.47. The third kappa shape index (κ3) is 2.86. The number of urea groups is 1. The van der Waals surface area contributed by atoms with Crippen molar-refractivity contribution in [1.82, 2.24) is 9.80 Å². The molecule has 0 radical (unpaired) electrons. The van der Waals surface area contributed by atoms with Crippen molar-refractivity contribution in [2.24, 2.45) is 0 Å². The van der Waals surface area contributed by atoms with E-state index >= 15 is 0 Å². The number of nitrogens with zero attached hydrogens (tertiary/aromatic N) is 2. The van der Waals surface area contributed by atoms with Gasteiger partial charge in [-0.25, -0.2) is 4.79 Å². The summed E-state index contributed by atoms with van der Waals surface area (Å²) in [6, 6.07) is 20.2. The summed E-state index contributed by atoms with van der Waals surface area (Å²) >= 11 is 0. The van der Waals surface area contributed by atoms with Crippen molar-refractivity contribution in [2.45, 2.75) is 11.8 Å². The molecule has 2 aliphatic heterocycles. The predicted octanol–water partition coefficient (Wildman–Crippen LogP) is 4.91. The molecule has 2 aliphatic rings. The van der Waals surface area contributed by atoms with E-state index in [1.54, 1.807) is 17.0 Å². The smallest absolute Gasteiger partial charge is 0.308 e. The van der Waals surface area contributed by atoms with Crippen LogP contribution in [0.5, 0.6) is 0 Å². The standard InChI is InChI=1S/C24H18F3N3O2/c25-24(26,27)17-9-6-10-18(15-17)28-22(32)30-14-13-29-21(31)19-11-4-5-12-20(19)23(29,30)16-7-2-1-3-8-16/h1-12,15H,13-14H2,(H,28,32). The molecule has 1 saturated heterocycles. The van der Waals surface area contributed by atoms with Crippen LogP contribution in [0.15, 0.2) is 78.9 Å². The van der Waals surface area contributed by atoms with Gasteiger partial charge in [-0.05, 0) is 24.3 Å². The van der Waals surface area contributed by atoms with Gasteiger partial charge >= 0.3 is 12.2 Å². The molecule has 3 aromatic rings. The highest BCUT2D eigenvalue weighted by molar-refractivity contribution is 6.03. The number of nitrogens with one attached hydrogen (secondary N) is 1. The number of benzene rings is 3. The Hall–Kier alpha value is -3.81. The number of anilines is 1. The van der Waals surface area contributed by atoms with Crippen molar-refractivity contribution in [3.63, 3.8) is 0 Å². The van der Waals surface area contributed by atoms with Gasteiger partial charge < -0.3 is 10.2 Å². The van der Waals surface area contributed by atoms with Crippen molar-refractivity contribution in [2.75, 3.05) is 18.4 Å². The number of rotatable bonds is 2. The third-order valence-corrected chi connectivity index (χ3v) is 5.97. The normalized spacial score (nSPS) is 19.7. The molecule has 0 aromatic heterocycles. The van der Waals surface area contributed by atoms with Gasteiger partial charge in [0.25, 0.3) is 5.91 Å². The van der Waals surface area contributed by atoms with Crippen molar-refractivity contribution in [3.05, 3.63) is 101 Å². The summed E-state index contributed by atoms with van der Waals surface area (Å²) in [6.07, 6.45) is -4.52. The van der Waals surface area contributed by atoms with Crippen LogP contribution in [-0.4, -0.2) is 34.8 Å². The van der Waals surface area contributed by atoms with Crippen LogP contribution in [0.25, 0.3) is 0 Å². The quantitative estimate of drug-likeness (QED) is 0.620. The van der Waals surface area contributed by atoms with Gasteiger partial charge in [0.05, 0.1) is 5.56 Å². The van der Waals surface area contributed by atoms with Crippen LogP contribution in [-0.2, 0) is 11.8 Å². The van der Waals surface area contributed by atoms with Crippen LogP contribution in [0.4, 0.5) is 23.7 Å². The number of hydrogen-bond acceptors (Lipinski definition) is 2. The van der Waals surface area contributed by atoms with Gasteiger partial charge in [-0.1, -0.05) is 54.6 Å². The first-order valence-corrected chi connectivity index (χ1v) is 10.1. The summed E-state index contributed by atoms with van der Waals surface area (Å²) in [6.45, 7) is 0.540. The molecule has 1 N–H and O–H groups in total. The Bertz CT molecular complexity index is 1210. The molecule has 1 unspecified atom stereocenters. The van der Waals surface area contributed by atoms with Crippen LogP contribution < -0.4 is 5.32 Å². The maximum atomic E-state index is 13.4. The SMILES string of the molecule is O=C(Nc1cccc(C(F)(F)F)c1)N1CCN2C(=O)c3ccccc3C12c1ccccc1. The number of halogens is 3. The molecule has 1 fully saturated rings. The summed E-state index contributed by atoms with van der Waals surface area (Å²) in [7, 11) is 0. The zero-order valence-corrected chi connectivity index (χ0v) is 16.8. The second-order valence-electron chi connectivity index (χ2n) is 7.70. The monoisotopic (exact) mass is 437 g/mol. The average Bonchev–Trinajstić information content (AvgIpc) is 3.30. The number of fused-ring (bicyclic) bond motifs is 3. The Labute approximate surface area is 182 Å². The number of amides is 3. The first-order valence-electron chi connectivity index (χ1n) is 10.1. The van der Waals surface area contributed by atoms with E-state index in [9.17, 15) is 22.8 Å². The Morgan fingerprint density at radius 3 is 2.38 bits per heavy atom. The summed E-state index contributed by atoms with van der Waals surface area (Å²) in [5.41, 5.74) is -0.0712.